The number of para-hydroxylation sites is 1. The quantitative estimate of drug-likeness (QED) is 0.656. The molecule has 0 N–H and O–H groups in total. The van der Waals surface area contributed by atoms with Gasteiger partial charge in [0.1, 0.15) is 23.2 Å². The van der Waals surface area contributed by atoms with Crippen LogP contribution in [0.25, 0.3) is 16.7 Å². The SMILES string of the molecule is N#Cc1cc(-n2c(CCl)nc3c(Cl)cccc32)ccc1F. The minimum atomic E-state index is -0.559. The van der Waals surface area contributed by atoms with Crippen LogP contribution in [0.3, 0.4) is 0 Å². The highest BCUT2D eigenvalue weighted by atomic mass is 35.5. The Labute approximate surface area is 130 Å². The first-order valence-corrected chi connectivity index (χ1v) is 6.98. The van der Waals surface area contributed by atoms with E-state index in [1.54, 1.807) is 22.8 Å². The van der Waals surface area contributed by atoms with Crippen molar-refractivity contribution in [2.24, 2.45) is 0 Å². The fourth-order valence-corrected chi connectivity index (χ4v) is 2.62. The van der Waals surface area contributed by atoms with Gasteiger partial charge in [-0.3, -0.25) is 4.57 Å². The van der Waals surface area contributed by atoms with Crippen LogP contribution in [0.15, 0.2) is 36.4 Å². The van der Waals surface area contributed by atoms with Crippen molar-refractivity contribution < 1.29 is 4.39 Å². The van der Waals surface area contributed by atoms with Gasteiger partial charge in [0.2, 0.25) is 0 Å². The average Bonchev–Trinajstić information content (AvgIpc) is 2.88. The van der Waals surface area contributed by atoms with Crippen molar-refractivity contribution >= 4 is 34.2 Å². The van der Waals surface area contributed by atoms with Crippen molar-refractivity contribution in [3.8, 4) is 11.8 Å². The predicted molar refractivity (Wildman–Crippen MR) is 80.3 cm³/mol. The van der Waals surface area contributed by atoms with Gasteiger partial charge in [0.15, 0.2) is 0 Å². The molecule has 6 heteroatoms. The molecule has 1 aromatic heterocycles. The summed E-state index contributed by atoms with van der Waals surface area (Å²) in [6.45, 7) is 0. The number of aromatic nitrogens is 2. The molecule has 0 amide bonds. The first kappa shape index (κ1) is 13.9. The van der Waals surface area contributed by atoms with E-state index >= 15 is 0 Å². The summed E-state index contributed by atoms with van der Waals surface area (Å²) in [4.78, 5) is 4.41. The molecule has 104 valence electrons. The van der Waals surface area contributed by atoms with Crippen LogP contribution in [0.1, 0.15) is 11.4 Å². The van der Waals surface area contributed by atoms with Crippen LogP contribution in [0, 0.1) is 17.1 Å². The molecule has 0 spiro atoms. The predicted octanol–water partition coefficient (Wildman–Crippen LogP) is 4.43. The summed E-state index contributed by atoms with van der Waals surface area (Å²) in [6.07, 6.45) is 0. The van der Waals surface area contributed by atoms with Gasteiger partial charge in [0, 0.05) is 5.69 Å². The fourth-order valence-electron chi connectivity index (χ4n) is 2.23. The number of benzene rings is 2. The Balaban J connectivity index is 2.34. The molecule has 0 aliphatic heterocycles. The number of alkyl halides is 1. The van der Waals surface area contributed by atoms with Gasteiger partial charge >= 0.3 is 0 Å². The Kier molecular flexibility index (Phi) is 3.54. The molecular formula is C15H8Cl2FN3. The summed E-state index contributed by atoms with van der Waals surface area (Å²) >= 11 is 12.1. The lowest BCUT2D eigenvalue weighted by atomic mass is 10.2. The van der Waals surface area contributed by atoms with Gasteiger partial charge in [-0.05, 0) is 30.3 Å². The number of rotatable bonds is 2. The highest BCUT2D eigenvalue weighted by Gasteiger charge is 2.15. The minimum absolute atomic E-state index is 0.0306. The van der Waals surface area contributed by atoms with Gasteiger partial charge in [0.25, 0.3) is 0 Å². The van der Waals surface area contributed by atoms with E-state index in [4.69, 9.17) is 28.5 Å². The number of hydrogen-bond acceptors (Lipinski definition) is 2. The Morgan fingerprint density at radius 2 is 2.10 bits per heavy atom. The smallest absolute Gasteiger partial charge is 0.141 e. The third kappa shape index (κ3) is 2.25. The third-order valence-electron chi connectivity index (χ3n) is 3.15. The lowest BCUT2D eigenvalue weighted by molar-refractivity contribution is 0.623. The Morgan fingerprint density at radius 3 is 2.81 bits per heavy atom. The molecule has 3 aromatic rings. The molecule has 0 saturated carbocycles. The third-order valence-corrected chi connectivity index (χ3v) is 3.70. The largest absolute Gasteiger partial charge is 0.295 e. The standard InChI is InChI=1S/C15H8Cl2FN3/c16-7-14-20-15-11(17)2-1-3-13(15)21(14)10-4-5-12(18)9(6-10)8-19/h1-6H,7H2. The zero-order chi connectivity index (χ0) is 15.0. The van der Waals surface area contributed by atoms with E-state index in [1.807, 2.05) is 12.1 Å². The number of fused-ring (bicyclic) bond motifs is 1. The number of nitrogens with zero attached hydrogens (tertiary/aromatic N) is 3. The summed E-state index contributed by atoms with van der Waals surface area (Å²) in [5.74, 6) is 0.191. The molecule has 0 atom stereocenters. The van der Waals surface area contributed by atoms with E-state index in [0.717, 1.165) is 5.52 Å². The molecule has 3 rings (SSSR count). The summed E-state index contributed by atoms with van der Waals surface area (Å²) < 4.78 is 15.2. The highest BCUT2D eigenvalue weighted by molar-refractivity contribution is 6.35. The van der Waals surface area contributed by atoms with Crippen LogP contribution in [0.4, 0.5) is 4.39 Å². The first-order chi connectivity index (χ1) is 10.2. The van der Waals surface area contributed by atoms with E-state index in [1.165, 1.54) is 12.1 Å². The average molecular weight is 320 g/mol. The molecular weight excluding hydrogens is 312 g/mol. The van der Waals surface area contributed by atoms with E-state index in [9.17, 15) is 4.39 Å². The topological polar surface area (TPSA) is 41.6 Å². The van der Waals surface area contributed by atoms with Crippen molar-refractivity contribution in [2.75, 3.05) is 0 Å². The molecule has 0 bridgehead atoms. The van der Waals surface area contributed by atoms with Gasteiger partial charge in [-0.2, -0.15) is 5.26 Å². The van der Waals surface area contributed by atoms with E-state index in [0.29, 0.717) is 22.1 Å². The minimum Gasteiger partial charge on any atom is -0.295 e. The molecule has 2 aromatic carbocycles. The fraction of sp³-hybridized carbons (Fsp3) is 0.0667. The van der Waals surface area contributed by atoms with Crippen molar-refractivity contribution in [1.29, 1.82) is 5.26 Å². The highest BCUT2D eigenvalue weighted by Crippen LogP contribution is 2.28. The molecule has 0 fully saturated rings. The number of halogens is 3. The Morgan fingerprint density at radius 1 is 1.29 bits per heavy atom. The molecule has 0 aliphatic carbocycles. The van der Waals surface area contributed by atoms with Gasteiger partial charge < -0.3 is 0 Å². The maximum Gasteiger partial charge on any atom is 0.141 e. The van der Waals surface area contributed by atoms with E-state index < -0.39 is 5.82 Å². The zero-order valence-corrected chi connectivity index (χ0v) is 12.2. The second-order valence-electron chi connectivity index (χ2n) is 4.38. The lowest BCUT2D eigenvalue weighted by Gasteiger charge is -2.08. The van der Waals surface area contributed by atoms with Crippen molar-refractivity contribution in [3.63, 3.8) is 0 Å². The number of imidazole rings is 1. The second-order valence-corrected chi connectivity index (χ2v) is 5.06. The Hall–Kier alpha value is -2.09. The normalized spacial score (nSPS) is 10.8. The van der Waals surface area contributed by atoms with Crippen LogP contribution >= 0.6 is 23.2 Å². The van der Waals surface area contributed by atoms with Crippen molar-refractivity contribution in [3.05, 3.63) is 58.6 Å². The lowest BCUT2D eigenvalue weighted by Crippen LogP contribution is -2.00. The van der Waals surface area contributed by atoms with Crippen LogP contribution in [-0.4, -0.2) is 9.55 Å². The molecule has 21 heavy (non-hydrogen) atoms. The first-order valence-electron chi connectivity index (χ1n) is 6.07. The summed E-state index contributed by atoms with van der Waals surface area (Å²) in [6, 6.07) is 11.5. The maximum atomic E-state index is 13.5. The van der Waals surface area contributed by atoms with Gasteiger partial charge in [-0.25, -0.2) is 9.37 Å². The molecule has 0 aliphatic rings. The number of nitriles is 1. The van der Waals surface area contributed by atoms with Crippen LogP contribution in [0.5, 0.6) is 0 Å². The number of hydrogen-bond donors (Lipinski definition) is 0. The van der Waals surface area contributed by atoms with Gasteiger partial charge in [-0.15, -0.1) is 11.6 Å². The molecule has 3 nitrogen and oxygen atoms in total. The maximum absolute atomic E-state index is 13.5. The summed E-state index contributed by atoms with van der Waals surface area (Å²) in [5.41, 5.74) is 1.97. The molecule has 0 saturated heterocycles. The van der Waals surface area contributed by atoms with Gasteiger partial charge in [-0.1, -0.05) is 17.7 Å². The van der Waals surface area contributed by atoms with Crippen molar-refractivity contribution in [1.82, 2.24) is 9.55 Å². The van der Waals surface area contributed by atoms with E-state index in [2.05, 4.69) is 4.98 Å². The molecule has 1 heterocycles. The van der Waals surface area contributed by atoms with Crippen LogP contribution in [0.2, 0.25) is 5.02 Å². The van der Waals surface area contributed by atoms with Crippen LogP contribution < -0.4 is 0 Å². The van der Waals surface area contributed by atoms with Crippen molar-refractivity contribution in [2.45, 2.75) is 5.88 Å². The summed E-state index contributed by atoms with van der Waals surface area (Å²) in [7, 11) is 0. The Bertz CT molecular complexity index is 880. The summed E-state index contributed by atoms with van der Waals surface area (Å²) in [5, 5.41) is 9.48. The van der Waals surface area contributed by atoms with Gasteiger partial charge in [0.05, 0.1) is 22.0 Å². The van der Waals surface area contributed by atoms with Crippen LogP contribution in [-0.2, 0) is 5.88 Å². The molecule has 0 radical (unpaired) electrons. The monoisotopic (exact) mass is 319 g/mol. The molecule has 0 unspecified atom stereocenters. The van der Waals surface area contributed by atoms with E-state index in [-0.39, 0.29) is 11.4 Å². The zero-order valence-electron chi connectivity index (χ0n) is 10.6. The second kappa shape index (κ2) is 5.36.